The summed E-state index contributed by atoms with van der Waals surface area (Å²) < 4.78 is 16.6. The summed E-state index contributed by atoms with van der Waals surface area (Å²) in [5.41, 5.74) is -0.202. The minimum atomic E-state index is -0.719. The zero-order chi connectivity index (χ0) is 12.9. The van der Waals surface area contributed by atoms with Crippen LogP contribution in [0.25, 0.3) is 0 Å². The normalized spacial score (nSPS) is 13.8. The van der Waals surface area contributed by atoms with Crippen molar-refractivity contribution in [3.63, 3.8) is 0 Å². The van der Waals surface area contributed by atoms with E-state index in [0.29, 0.717) is 12.2 Å². The summed E-state index contributed by atoms with van der Waals surface area (Å²) in [6.45, 7) is 6.24. The van der Waals surface area contributed by atoms with Crippen LogP contribution in [-0.2, 0) is 17.2 Å². The predicted octanol–water partition coefficient (Wildman–Crippen LogP) is 2.09. The highest BCUT2D eigenvalue weighted by atomic mass is 32.2. The highest BCUT2D eigenvalue weighted by Gasteiger charge is 2.21. The molecule has 0 spiro atoms. The van der Waals surface area contributed by atoms with Crippen molar-refractivity contribution in [1.29, 1.82) is 0 Å². The molecule has 17 heavy (non-hydrogen) atoms. The van der Waals surface area contributed by atoms with Crippen LogP contribution < -0.4 is 5.56 Å². The summed E-state index contributed by atoms with van der Waals surface area (Å²) in [4.78, 5) is 10.9. The van der Waals surface area contributed by atoms with Crippen LogP contribution in [0.5, 0.6) is 0 Å². The Hall–Kier alpha value is -0.840. The monoisotopic (exact) mass is 259 g/mol. The molecule has 1 N–H and O–H groups in total. The zero-order valence-corrected chi connectivity index (χ0v) is 11.6. The molecule has 5 heteroatoms. The van der Waals surface area contributed by atoms with Crippen LogP contribution in [0.4, 0.5) is 0 Å². The van der Waals surface area contributed by atoms with Crippen molar-refractivity contribution >= 4 is 10.8 Å². The Morgan fingerprint density at radius 3 is 2.65 bits per heavy atom. The van der Waals surface area contributed by atoms with E-state index >= 15 is 0 Å². The molecule has 0 aliphatic heterocycles. The average Bonchev–Trinajstić information content (AvgIpc) is 2.61. The van der Waals surface area contributed by atoms with Gasteiger partial charge in [-0.1, -0.05) is 20.8 Å². The highest BCUT2D eigenvalue weighted by molar-refractivity contribution is 7.84. The maximum atomic E-state index is 11.6. The van der Waals surface area contributed by atoms with Crippen LogP contribution in [0.2, 0.25) is 0 Å². The molecule has 0 aromatic carbocycles. The van der Waals surface area contributed by atoms with Gasteiger partial charge in [0, 0.05) is 34.8 Å². The Morgan fingerprint density at radius 1 is 1.41 bits per heavy atom. The summed E-state index contributed by atoms with van der Waals surface area (Å²) in [5.74, 6) is 2.16. The van der Waals surface area contributed by atoms with Crippen LogP contribution >= 0.6 is 0 Å². The predicted molar refractivity (Wildman–Crippen MR) is 69.6 cm³/mol. The molecule has 0 aliphatic rings. The topological polar surface area (TPSA) is 63.1 Å². The smallest absolute Gasteiger partial charge is 0.280 e. The molecule has 4 nitrogen and oxygen atoms in total. The standard InChI is InChI=1S/C12H21NO3S/c1-4-6-17(15)7-5-12(2,3)9-10-8-11(14)13-16-10/h8H,4-7,9H2,1-3H3,(H,13,14). The van der Waals surface area contributed by atoms with E-state index in [1.807, 2.05) is 6.92 Å². The third-order valence-electron chi connectivity index (χ3n) is 2.67. The van der Waals surface area contributed by atoms with Crippen LogP contribution in [0.15, 0.2) is 15.4 Å². The van der Waals surface area contributed by atoms with Crippen LogP contribution in [0.3, 0.4) is 0 Å². The first-order valence-electron chi connectivity index (χ1n) is 5.95. The molecular formula is C12H21NO3S. The molecular weight excluding hydrogens is 238 g/mol. The quantitative estimate of drug-likeness (QED) is 0.815. The molecule has 98 valence electrons. The number of H-pyrrole nitrogens is 1. The summed E-state index contributed by atoms with van der Waals surface area (Å²) in [6.07, 6.45) is 2.52. The van der Waals surface area contributed by atoms with Gasteiger partial charge in [0.1, 0.15) is 5.76 Å². The lowest BCUT2D eigenvalue weighted by molar-refractivity contribution is 0.291. The minimum Gasteiger partial charge on any atom is -0.384 e. The molecule has 1 rings (SSSR count). The second-order valence-electron chi connectivity index (χ2n) is 5.12. The van der Waals surface area contributed by atoms with E-state index < -0.39 is 10.8 Å². The number of aromatic amines is 1. The third-order valence-corrected chi connectivity index (χ3v) is 4.19. The second-order valence-corrected chi connectivity index (χ2v) is 6.81. The molecule has 0 saturated heterocycles. The Morgan fingerprint density at radius 2 is 2.12 bits per heavy atom. The van der Waals surface area contributed by atoms with E-state index in [1.165, 1.54) is 6.07 Å². The van der Waals surface area contributed by atoms with Crippen LogP contribution in [0.1, 0.15) is 39.4 Å². The number of nitrogens with one attached hydrogen (secondary N) is 1. The van der Waals surface area contributed by atoms with Gasteiger partial charge in [0.2, 0.25) is 0 Å². The third kappa shape index (κ3) is 5.35. The fourth-order valence-corrected chi connectivity index (χ4v) is 3.13. The van der Waals surface area contributed by atoms with E-state index in [4.69, 9.17) is 4.52 Å². The number of aromatic nitrogens is 1. The summed E-state index contributed by atoms with van der Waals surface area (Å²) >= 11 is 0. The van der Waals surface area contributed by atoms with Crippen molar-refractivity contribution in [3.8, 4) is 0 Å². The van der Waals surface area contributed by atoms with Crippen LogP contribution in [0, 0.1) is 5.41 Å². The molecule has 1 atom stereocenters. The highest BCUT2D eigenvalue weighted by Crippen LogP contribution is 2.25. The summed E-state index contributed by atoms with van der Waals surface area (Å²) in [7, 11) is -0.719. The zero-order valence-electron chi connectivity index (χ0n) is 10.7. The van der Waals surface area contributed by atoms with Gasteiger partial charge in [-0.3, -0.25) is 9.00 Å². The number of hydrogen-bond acceptors (Lipinski definition) is 3. The van der Waals surface area contributed by atoms with Crippen molar-refractivity contribution in [2.45, 2.75) is 40.0 Å². The first kappa shape index (κ1) is 14.2. The average molecular weight is 259 g/mol. The van der Waals surface area contributed by atoms with E-state index in [9.17, 15) is 9.00 Å². The van der Waals surface area contributed by atoms with Gasteiger partial charge in [0.15, 0.2) is 0 Å². The Balaban J connectivity index is 2.45. The molecule has 1 unspecified atom stereocenters. The Labute approximate surface area is 104 Å². The summed E-state index contributed by atoms with van der Waals surface area (Å²) in [5, 5.41) is 2.29. The SMILES string of the molecule is CCCS(=O)CCC(C)(C)Cc1cc(=O)[nH]o1. The Kier molecular flexibility index (Phi) is 5.18. The lowest BCUT2D eigenvalue weighted by Crippen LogP contribution is -2.19. The summed E-state index contributed by atoms with van der Waals surface area (Å²) in [6, 6.07) is 1.48. The van der Waals surface area contributed by atoms with Gasteiger partial charge in [-0.05, 0) is 18.3 Å². The molecule has 0 aliphatic carbocycles. The largest absolute Gasteiger partial charge is 0.384 e. The van der Waals surface area contributed by atoms with Gasteiger partial charge < -0.3 is 4.52 Å². The van der Waals surface area contributed by atoms with Crippen molar-refractivity contribution in [3.05, 3.63) is 22.2 Å². The van der Waals surface area contributed by atoms with E-state index in [-0.39, 0.29) is 11.0 Å². The van der Waals surface area contributed by atoms with E-state index in [0.717, 1.165) is 24.3 Å². The Bertz CT molecular complexity index is 419. The lowest BCUT2D eigenvalue weighted by Gasteiger charge is -2.22. The molecule has 0 fully saturated rings. The molecule has 1 heterocycles. The van der Waals surface area contributed by atoms with Crippen molar-refractivity contribution in [2.75, 3.05) is 11.5 Å². The van der Waals surface area contributed by atoms with E-state index in [2.05, 4.69) is 19.0 Å². The van der Waals surface area contributed by atoms with Gasteiger partial charge in [0.05, 0.1) is 0 Å². The van der Waals surface area contributed by atoms with Crippen molar-refractivity contribution < 1.29 is 8.73 Å². The van der Waals surface area contributed by atoms with Gasteiger partial charge >= 0.3 is 0 Å². The molecule has 1 aromatic heterocycles. The lowest BCUT2D eigenvalue weighted by atomic mass is 9.85. The van der Waals surface area contributed by atoms with Crippen molar-refractivity contribution in [1.82, 2.24) is 5.16 Å². The van der Waals surface area contributed by atoms with Crippen molar-refractivity contribution in [2.24, 2.45) is 5.41 Å². The molecule has 0 saturated carbocycles. The van der Waals surface area contributed by atoms with Gasteiger partial charge in [-0.15, -0.1) is 0 Å². The maximum Gasteiger partial charge on any atom is 0.280 e. The first-order valence-corrected chi connectivity index (χ1v) is 7.44. The fourth-order valence-electron chi connectivity index (χ4n) is 1.69. The van der Waals surface area contributed by atoms with E-state index in [1.54, 1.807) is 0 Å². The molecule has 1 aromatic rings. The number of hydrogen-bond donors (Lipinski definition) is 1. The second kappa shape index (κ2) is 6.19. The van der Waals surface area contributed by atoms with Gasteiger partial charge in [0.25, 0.3) is 5.56 Å². The molecule has 0 amide bonds. The fraction of sp³-hybridized carbons (Fsp3) is 0.750. The first-order chi connectivity index (χ1) is 7.93. The van der Waals surface area contributed by atoms with Crippen LogP contribution in [-0.4, -0.2) is 20.9 Å². The maximum absolute atomic E-state index is 11.6. The number of rotatable bonds is 7. The molecule has 0 bridgehead atoms. The minimum absolute atomic E-state index is 0.00152. The van der Waals surface area contributed by atoms with Gasteiger partial charge in [-0.2, -0.15) is 5.16 Å². The van der Waals surface area contributed by atoms with Gasteiger partial charge in [-0.25, -0.2) is 0 Å². The molecule has 0 radical (unpaired) electrons.